The summed E-state index contributed by atoms with van der Waals surface area (Å²) in [5.41, 5.74) is 0.826. The van der Waals surface area contributed by atoms with Crippen molar-refractivity contribution < 1.29 is 4.74 Å². The number of aromatic nitrogens is 3. The molecule has 0 aliphatic heterocycles. The summed E-state index contributed by atoms with van der Waals surface area (Å²) in [5, 5.41) is 14.3. The fraction of sp³-hybridized carbons (Fsp3) is 0.400. The Morgan fingerprint density at radius 1 is 1.19 bits per heavy atom. The molecule has 1 aromatic heterocycles. The molecule has 2 aromatic rings. The van der Waals surface area contributed by atoms with Gasteiger partial charge in [0.1, 0.15) is 5.75 Å². The largest absolute Gasteiger partial charge is 0.492 e. The number of ether oxygens (including phenoxy) is 1. The van der Waals surface area contributed by atoms with Crippen molar-refractivity contribution in [3.8, 4) is 5.75 Å². The highest BCUT2D eigenvalue weighted by atomic mass is 16.5. The van der Waals surface area contributed by atoms with Crippen LogP contribution in [-0.4, -0.2) is 28.3 Å². The van der Waals surface area contributed by atoms with Gasteiger partial charge in [0.15, 0.2) is 5.82 Å². The van der Waals surface area contributed by atoms with Crippen LogP contribution in [0.15, 0.2) is 30.5 Å². The van der Waals surface area contributed by atoms with Gasteiger partial charge in [-0.2, -0.15) is 10.1 Å². The second kappa shape index (κ2) is 8.04. The van der Waals surface area contributed by atoms with Crippen LogP contribution in [0.4, 0.5) is 17.5 Å². The van der Waals surface area contributed by atoms with Crippen LogP contribution in [0.5, 0.6) is 5.75 Å². The summed E-state index contributed by atoms with van der Waals surface area (Å²) in [6.07, 6.45) is 3.85. The molecule has 2 N–H and O–H groups in total. The Labute approximate surface area is 125 Å². The molecule has 6 nitrogen and oxygen atoms in total. The number of nitrogens with one attached hydrogen (secondary N) is 2. The highest BCUT2D eigenvalue weighted by molar-refractivity contribution is 5.62. The van der Waals surface area contributed by atoms with Gasteiger partial charge >= 0.3 is 0 Å². The molecular formula is C15H21N5O. The van der Waals surface area contributed by atoms with Crippen molar-refractivity contribution >= 4 is 17.5 Å². The average Bonchev–Trinajstić information content (AvgIpc) is 2.50. The van der Waals surface area contributed by atoms with Crippen LogP contribution in [0.3, 0.4) is 0 Å². The van der Waals surface area contributed by atoms with E-state index in [2.05, 4.69) is 32.7 Å². The summed E-state index contributed by atoms with van der Waals surface area (Å²) in [5.74, 6) is 1.94. The van der Waals surface area contributed by atoms with Gasteiger partial charge < -0.3 is 15.4 Å². The lowest BCUT2D eigenvalue weighted by Crippen LogP contribution is -2.07. The maximum absolute atomic E-state index is 5.56. The van der Waals surface area contributed by atoms with E-state index < -0.39 is 0 Å². The van der Waals surface area contributed by atoms with E-state index >= 15 is 0 Å². The number of nitrogens with zero attached hydrogens (tertiary/aromatic N) is 3. The summed E-state index contributed by atoms with van der Waals surface area (Å²) >= 11 is 0. The maximum Gasteiger partial charge on any atom is 0.249 e. The van der Waals surface area contributed by atoms with Crippen molar-refractivity contribution in [2.24, 2.45) is 0 Å². The second-order valence-electron chi connectivity index (χ2n) is 4.50. The van der Waals surface area contributed by atoms with Gasteiger partial charge in [-0.1, -0.05) is 25.5 Å². The number of hydrogen-bond donors (Lipinski definition) is 2. The molecule has 1 heterocycles. The van der Waals surface area contributed by atoms with Crippen molar-refractivity contribution in [3.05, 3.63) is 30.5 Å². The number of hydrogen-bond acceptors (Lipinski definition) is 6. The molecule has 0 unspecified atom stereocenters. The van der Waals surface area contributed by atoms with E-state index in [9.17, 15) is 0 Å². The lowest BCUT2D eigenvalue weighted by Gasteiger charge is -2.11. The maximum atomic E-state index is 5.56. The topological polar surface area (TPSA) is 72.0 Å². The van der Waals surface area contributed by atoms with E-state index in [1.54, 1.807) is 6.20 Å². The molecule has 0 saturated carbocycles. The first-order valence-corrected chi connectivity index (χ1v) is 7.26. The minimum atomic E-state index is 0.448. The van der Waals surface area contributed by atoms with Gasteiger partial charge in [-0.15, -0.1) is 5.10 Å². The van der Waals surface area contributed by atoms with E-state index in [0.29, 0.717) is 12.6 Å². The Hall–Kier alpha value is -2.37. The monoisotopic (exact) mass is 287 g/mol. The number of rotatable bonds is 8. The lowest BCUT2D eigenvalue weighted by molar-refractivity contribution is 0.342. The van der Waals surface area contributed by atoms with Gasteiger partial charge in [0, 0.05) is 6.54 Å². The highest BCUT2D eigenvalue weighted by Gasteiger charge is 2.05. The number of para-hydroxylation sites is 2. The molecule has 0 amide bonds. The summed E-state index contributed by atoms with van der Waals surface area (Å²) in [4.78, 5) is 4.39. The van der Waals surface area contributed by atoms with E-state index in [1.165, 1.54) is 0 Å². The molecule has 2 rings (SSSR count). The third kappa shape index (κ3) is 4.59. The van der Waals surface area contributed by atoms with Crippen LogP contribution >= 0.6 is 0 Å². The van der Waals surface area contributed by atoms with E-state index in [4.69, 9.17) is 4.74 Å². The molecule has 0 radical (unpaired) electrons. The molecule has 6 heteroatoms. The lowest BCUT2D eigenvalue weighted by atomic mass is 10.3. The summed E-state index contributed by atoms with van der Waals surface area (Å²) < 4.78 is 5.56. The van der Waals surface area contributed by atoms with Gasteiger partial charge in [-0.25, -0.2) is 0 Å². The molecule has 0 atom stereocenters. The fourth-order valence-electron chi connectivity index (χ4n) is 1.81. The van der Waals surface area contributed by atoms with Gasteiger partial charge in [0.25, 0.3) is 0 Å². The SMILES string of the molecule is CCCCNc1cnnc(Nc2ccccc2OCC)n1. The Morgan fingerprint density at radius 3 is 2.86 bits per heavy atom. The number of unbranched alkanes of at least 4 members (excludes halogenated alkanes) is 1. The average molecular weight is 287 g/mol. The molecule has 0 aliphatic rings. The number of anilines is 3. The van der Waals surface area contributed by atoms with Crippen molar-refractivity contribution in [2.75, 3.05) is 23.8 Å². The molecular weight excluding hydrogens is 266 g/mol. The van der Waals surface area contributed by atoms with Crippen LogP contribution in [-0.2, 0) is 0 Å². The zero-order chi connectivity index (χ0) is 14.9. The molecule has 0 saturated heterocycles. The standard InChI is InChI=1S/C15H21N5O/c1-3-5-10-16-14-11-17-20-15(19-14)18-12-8-6-7-9-13(12)21-4-2/h6-9,11H,3-5,10H2,1-2H3,(H2,16,18,19,20). The number of benzene rings is 1. The third-order valence-corrected chi connectivity index (χ3v) is 2.83. The first-order chi connectivity index (χ1) is 10.3. The minimum Gasteiger partial charge on any atom is -0.492 e. The van der Waals surface area contributed by atoms with Crippen LogP contribution in [0.1, 0.15) is 26.7 Å². The molecule has 112 valence electrons. The normalized spacial score (nSPS) is 10.2. The van der Waals surface area contributed by atoms with E-state index in [1.807, 2.05) is 31.2 Å². The van der Waals surface area contributed by atoms with E-state index in [0.717, 1.165) is 36.6 Å². The molecule has 0 bridgehead atoms. The zero-order valence-corrected chi connectivity index (χ0v) is 12.5. The smallest absolute Gasteiger partial charge is 0.249 e. The van der Waals surface area contributed by atoms with Crippen LogP contribution < -0.4 is 15.4 Å². The van der Waals surface area contributed by atoms with E-state index in [-0.39, 0.29) is 0 Å². The summed E-state index contributed by atoms with van der Waals surface area (Å²) in [6.45, 7) is 5.59. The molecule has 0 fully saturated rings. The Balaban J connectivity index is 2.07. The predicted molar refractivity (Wildman–Crippen MR) is 84.1 cm³/mol. The third-order valence-electron chi connectivity index (χ3n) is 2.83. The first kappa shape index (κ1) is 15.0. The summed E-state index contributed by atoms with van der Waals surface area (Å²) in [6, 6.07) is 7.69. The molecule has 0 spiro atoms. The van der Waals surface area contributed by atoms with Crippen LogP contribution in [0.25, 0.3) is 0 Å². The van der Waals surface area contributed by atoms with Gasteiger partial charge in [0.05, 0.1) is 18.5 Å². The molecule has 0 aliphatic carbocycles. The fourth-order valence-corrected chi connectivity index (χ4v) is 1.81. The predicted octanol–water partition coefficient (Wildman–Crippen LogP) is 3.23. The Kier molecular flexibility index (Phi) is 5.75. The minimum absolute atomic E-state index is 0.448. The quantitative estimate of drug-likeness (QED) is 0.726. The van der Waals surface area contributed by atoms with Crippen LogP contribution in [0, 0.1) is 0 Å². The zero-order valence-electron chi connectivity index (χ0n) is 12.5. The van der Waals surface area contributed by atoms with Gasteiger partial charge in [0.2, 0.25) is 5.95 Å². The van der Waals surface area contributed by atoms with Crippen molar-refractivity contribution in [1.29, 1.82) is 0 Å². The van der Waals surface area contributed by atoms with Crippen molar-refractivity contribution in [1.82, 2.24) is 15.2 Å². The molecule has 1 aromatic carbocycles. The highest BCUT2D eigenvalue weighted by Crippen LogP contribution is 2.25. The Bertz CT molecular complexity index is 561. The van der Waals surface area contributed by atoms with Gasteiger partial charge in [-0.05, 0) is 25.5 Å². The molecule has 21 heavy (non-hydrogen) atoms. The summed E-state index contributed by atoms with van der Waals surface area (Å²) in [7, 11) is 0. The van der Waals surface area contributed by atoms with Crippen molar-refractivity contribution in [3.63, 3.8) is 0 Å². The van der Waals surface area contributed by atoms with Gasteiger partial charge in [-0.3, -0.25) is 0 Å². The second-order valence-corrected chi connectivity index (χ2v) is 4.50. The Morgan fingerprint density at radius 2 is 2.05 bits per heavy atom. The first-order valence-electron chi connectivity index (χ1n) is 7.26. The van der Waals surface area contributed by atoms with Crippen LogP contribution in [0.2, 0.25) is 0 Å². The van der Waals surface area contributed by atoms with Crippen molar-refractivity contribution in [2.45, 2.75) is 26.7 Å².